The van der Waals surface area contributed by atoms with Crippen LogP contribution in [-0.4, -0.2) is 54.5 Å². The lowest BCUT2D eigenvalue weighted by molar-refractivity contribution is 0.00649. The van der Waals surface area contributed by atoms with Gasteiger partial charge in [0.05, 0.1) is 6.10 Å². The molecule has 1 saturated heterocycles. The van der Waals surface area contributed by atoms with E-state index in [4.69, 9.17) is 9.47 Å². The van der Waals surface area contributed by atoms with Gasteiger partial charge in [-0.1, -0.05) is 6.92 Å². The molecular formula is C18H36N2O3. The molecule has 0 aromatic heterocycles. The Kier molecular flexibility index (Phi) is 7.33. The fraction of sp³-hybridized carbons (Fsp3) is 0.944. The molecule has 0 radical (unpaired) electrons. The summed E-state index contributed by atoms with van der Waals surface area (Å²) < 4.78 is 11.2. The Morgan fingerprint density at radius 1 is 1.26 bits per heavy atom. The molecule has 2 unspecified atom stereocenters. The van der Waals surface area contributed by atoms with Gasteiger partial charge in [-0.05, 0) is 60.3 Å². The molecule has 1 aliphatic rings. The van der Waals surface area contributed by atoms with Gasteiger partial charge in [0.1, 0.15) is 5.60 Å². The molecule has 1 N–H and O–H groups in total. The first-order chi connectivity index (χ1) is 10.5. The fourth-order valence-corrected chi connectivity index (χ4v) is 2.87. The molecule has 1 rings (SSSR count). The van der Waals surface area contributed by atoms with E-state index >= 15 is 0 Å². The van der Waals surface area contributed by atoms with Crippen LogP contribution in [0, 0.1) is 5.92 Å². The molecule has 136 valence electrons. The number of carbonyl (C=O) groups is 1. The molecular weight excluding hydrogens is 292 g/mol. The highest BCUT2D eigenvalue weighted by atomic mass is 16.6. The standard InChI is InChI=1S/C18H36N2O3/c1-8-15-14(9-12-22-15)13-19-10-11-20(17(2,3)4)16(21)23-18(5,6)7/h14-15,19H,8-13H2,1-7H3. The summed E-state index contributed by atoms with van der Waals surface area (Å²) in [5, 5.41) is 3.48. The third-order valence-electron chi connectivity index (χ3n) is 4.09. The zero-order valence-corrected chi connectivity index (χ0v) is 16.1. The van der Waals surface area contributed by atoms with E-state index in [2.05, 4.69) is 12.2 Å². The molecule has 0 bridgehead atoms. The molecule has 23 heavy (non-hydrogen) atoms. The number of ether oxygens (including phenoxy) is 2. The van der Waals surface area contributed by atoms with Crippen molar-refractivity contribution in [2.24, 2.45) is 5.92 Å². The Morgan fingerprint density at radius 2 is 1.91 bits per heavy atom. The number of hydrogen-bond acceptors (Lipinski definition) is 4. The van der Waals surface area contributed by atoms with Gasteiger partial charge < -0.3 is 19.7 Å². The second kappa shape index (κ2) is 8.34. The third kappa shape index (κ3) is 7.08. The topological polar surface area (TPSA) is 50.8 Å². The van der Waals surface area contributed by atoms with Crippen LogP contribution in [0.3, 0.4) is 0 Å². The Balaban J connectivity index is 2.44. The summed E-state index contributed by atoms with van der Waals surface area (Å²) in [5.41, 5.74) is -0.726. The molecule has 0 aliphatic carbocycles. The summed E-state index contributed by atoms with van der Waals surface area (Å²) in [6.45, 7) is 17.2. The molecule has 0 aromatic carbocycles. The first kappa shape index (κ1) is 20.2. The molecule has 5 nitrogen and oxygen atoms in total. The molecule has 1 fully saturated rings. The number of carbonyl (C=O) groups excluding carboxylic acids is 1. The highest BCUT2D eigenvalue weighted by Gasteiger charge is 2.30. The minimum absolute atomic E-state index is 0.248. The zero-order valence-electron chi connectivity index (χ0n) is 16.1. The number of nitrogens with one attached hydrogen (secondary N) is 1. The minimum atomic E-state index is -0.469. The first-order valence-electron chi connectivity index (χ1n) is 8.87. The average Bonchev–Trinajstić information content (AvgIpc) is 2.82. The molecule has 1 amide bonds. The minimum Gasteiger partial charge on any atom is -0.444 e. The summed E-state index contributed by atoms with van der Waals surface area (Å²) in [7, 11) is 0. The highest BCUT2D eigenvalue weighted by molar-refractivity contribution is 5.69. The van der Waals surface area contributed by atoms with Crippen molar-refractivity contribution in [2.45, 2.75) is 78.6 Å². The molecule has 0 saturated carbocycles. The van der Waals surface area contributed by atoms with Crippen molar-refractivity contribution in [1.82, 2.24) is 10.2 Å². The van der Waals surface area contributed by atoms with Gasteiger partial charge in [-0.2, -0.15) is 0 Å². The van der Waals surface area contributed by atoms with Crippen molar-refractivity contribution < 1.29 is 14.3 Å². The Bertz CT molecular complexity index is 371. The van der Waals surface area contributed by atoms with Gasteiger partial charge in [0.25, 0.3) is 0 Å². The molecule has 1 heterocycles. The van der Waals surface area contributed by atoms with Crippen LogP contribution in [0.2, 0.25) is 0 Å². The van der Waals surface area contributed by atoms with Crippen LogP contribution < -0.4 is 5.32 Å². The monoisotopic (exact) mass is 328 g/mol. The van der Waals surface area contributed by atoms with E-state index < -0.39 is 5.60 Å². The zero-order chi connectivity index (χ0) is 17.7. The quantitative estimate of drug-likeness (QED) is 0.759. The van der Waals surface area contributed by atoms with E-state index in [0.29, 0.717) is 18.6 Å². The number of nitrogens with zero attached hydrogens (tertiary/aromatic N) is 1. The van der Waals surface area contributed by atoms with Crippen LogP contribution in [0.5, 0.6) is 0 Å². The highest BCUT2D eigenvalue weighted by Crippen LogP contribution is 2.22. The summed E-state index contributed by atoms with van der Waals surface area (Å²) in [4.78, 5) is 14.2. The first-order valence-corrected chi connectivity index (χ1v) is 8.87. The second-order valence-corrected chi connectivity index (χ2v) is 8.37. The van der Waals surface area contributed by atoms with Crippen molar-refractivity contribution in [3.8, 4) is 0 Å². The maximum atomic E-state index is 12.4. The van der Waals surface area contributed by atoms with E-state index in [-0.39, 0.29) is 11.6 Å². The SMILES string of the molecule is CCC1OCCC1CNCCN(C(=O)OC(C)(C)C)C(C)(C)C. The van der Waals surface area contributed by atoms with Crippen molar-refractivity contribution in [2.75, 3.05) is 26.2 Å². The Labute approximate surface area is 142 Å². The normalized spacial score (nSPS) is 22.2. The van der Waals surface area contributed by atoms with E-state index in [9.17, 15) is 4.79 Å². The van der Waals surface area contributed by atoms with Gasteiger partial charge in [-0.3, -0.25) is 0 Å². The summed E-state index contributed by atoms with van der Waals surface area (Å²) in [6, 6.07) is 0. The molecule has 0 spiro atoms. The van der Waals surface area contributed by atoms with Crippen molar-refractivity contribution in [3.05, 3.63) is 0 Å². The largest absolute Gasteiger partial charge is 0.444 e. The Hall–Kier alpha value is -0.810. The predicted octanol–water partition coefficient (Wildman–Crippen LogP) is 3.43. The number of hydrogen-bond donors (Lipinski definition) is 1. The maximum absolute atomic E-state index is 12.4. The van der Waals surface area contributed by atoms with Crippen molar-refractivity contribution >= 4 is 6.09 Å². The Morgan fingerprint density at radius 3 is 2.43 bits per heavy atom. The van der Waals surface area contributed by atoms with Crippen LogP contribution in [0.15, 0.2) is 0 Å². The van der Waals surface area contributed by atoms with Crippen molar-refractivity contribution in [3.63, 3.8) is 0 Å². The van der Waals surface area contributed by atoms with Crippen molar-refractivity contribution in [1.29, 1.82) is 0 Å². The molecule has 1 aliphatic heterocycles. The van der Waals surface area contributed by atoms with Crippen LogP contribution in [0.4, 0.5) is 4.79 Å². The van der Waals surface area contributed by atoms with E-state index in [1.54, 1.807) is 4.90 Å². The summed E-state index contributed by atoms with van der Waals surface area (Å²) in [6.07, 6.45) is 2.33. The van der Waals surface area contributed by atoms with Gasteiger partial charge in [-0.15, -0.1) is 0 Å². The average molecular weight is 328 g/mol. The molecule has 2 atom stereocenters. The van der Waals surface area contributed by atoms with Gasteiger partial charge in [0.2, 0.25) is 0 Å². The van der Waals surface area contributed by atoms with Crippen LogP contribution in [0.25, 0.3) is 0 Å². The van der Waals surface area contributed by atoms with Gasteiger partial charge >= 0.3 is 6.09 Å². The van der Waals surface area contributed by atoms with Gasteiger partial charge in [-0.25, -0.2) is 4.79 Å². The number of amides is 1. The lowest BCUT2D eigenvalue weighted by Gasteiger charge is -2.37. The molecule has 0 aromatic rings. The second-order valence-electron chi connectivity index (χ2n) is 8.37. The summed E-state index contributed by atoms with van der Waals surface area (Å²) >= 11 is 0. The lowest BCUT2D eigenvalue weighted by Crippen LogP contribution is -2.50. The fourth-order valence-electron chi connectivity index (χ4n) is 2.87. The van der Waals surface area contributed by atoms with Gasteiger partial charge in [0.15, 0.2) is 0 Å². The maximum Gasteiger partial charge on any atom is 0.410 e. The lowest BCUT2D eigenvalue weighted by atomic mass is 10.00. The van der Waals surface area contributed by atoms with E-state index in [1.165, 1.54) is 0 Å². The molecule has 5 heteroatoms. The third-order valence-corrected chi connectivity index (χ3v) is 4.09. The summed E-state index contributed by atoms with van der Waals surface area (Å²) in [5.74, 6) is 0.588. The van der Waals surface area contributed by atoms with Crippen LogP contribution in [0.1, 0.15) is 61.3 Å². The number of rotatable bonds is 6. The van der Waals surface area contributed by atoms with Gasteiger partial charge in [0, 0.05) is 31.8 Å². The van der Waals surface area contributed by atoms with E-state index in [0.717, 1.165) is 32.5 Å². The smallest absolute Gasteiger partial charge is 0.410 e. The van der Waals surface area contributed by atoms with Crippen LogP contribution in [-0.2, 0) is 9.47 Å². The van der Waals surface area contributed by atoms with E-state index in [1.807, 2.05) is 41.5 Å². The van der Waals surface area contributed by atoms with Crippen LogP contribution >= 0.6 is 0 Å². The predicted molar refractivity (Wildman–Crippen MR) is 93.7 cm³/mol.